The van der Waals surface area contributed by atoms with Crippen molar-refractivity contribution >= 4 is 5.97 Å². The number of carbonyl (C=O) groups is 1. The lowest BCUT2D eigenvalue weighted by Gasteiger charge is -2.19. The van der Waals surface area contributed by atoms with E-state index in [0.717, 1.165) is 16.7 Å². The number of rotatable bonds is 4. The van der Waals surface area contributed by atoms with Gasteiger partial charge >= 0.3 is 5.97 Å². The van der Waals surface area contributed by atoms with Gasteiger partial charge in [-0.1, -0.05) is 51.1 Å². The summed E-state index contributed by atoms with van der Waals surface area (Å²) in [6.07, 6.45) is 5.21. The molecule has 0 aliphatic rings. The van der Waals surface area contributed by atoms with Crippen molar-refractivity contribution < 1.29 is 9.90 Å². The van der Waals surface area contributed by atoms with Crippen LogP contribution in [0.3, 0.4) is 0 Å². The van der Waals surface area contributed by atoms with Gasteiger partial charge in [-0.25, -0.2) is 9.78 Å². The van der Waals surface area contributed by atoms with Crippen LogP contribution in [0.15, 0.2) is 61.2 Å². The highest BCUT2D eigenvalue weighted by atomic mass is 16.4. The van der Waals surface area contributed by atoms with Gasteiger partial charge in [-0.3, -0.25) is 0 Å². The Morgan fingerprint density at radius 1 is 1.08 bits per heavy atom. The maximum Gasteiger partial charge on any atom is 0.336 e. The molecule has 4 nitrogen and oxygen atoms in total. The van der Waals surface area contributed by atoms with E-state index in [1.54, 1.807) is 18.6 Å². The van der Waals surface area contributed by atoms with E-state index >= 15 is 0 Å². The van der Waals surface area contributed by atoms with Crippen molar-refractivity contribution in [2.24, 2.45) is 0 Å². The quantitative estimate of drug-likeness (QED) is 0.759. The van der Waals surface area contributed by atoms with E-state index in [2.05, 4.69) is 50.0 Å². The summed E-state index contributed by atoms with van der Waals surface area (Å²) in [6, 6.07) is 14.0. The molecule has 1 heterocycles. The SMILES string of the molecule is CC(C)(C)c1ccc(-c2ccc(C(=O)O)c(Cn3ccnc3)c2)cc1. The summed E-state index contributed by atoms with van der Waals surface area (Å²) in [4.78, 5) is 15.5. The molecular formula is C21H22N2O2. The Labute approximate surface area is 147 Å². The number of imidazole rings is 1. The van der Waals surface area contributed by atoms with Crippen molar-refractivity contribution in [3.63, 3.8) is 0 Å². The van der Waals surface area contributed by atoms with Crippen LogP contribution in [0.25, 0.3) is 11.1 Å². The van der Waals surface area contributed by atoms with Gasteiger partial charge in [0.1, 0.15) is 0 Å². The largest absolute Gasteiger partial charge is 0.478 e. The third kappa shape index (κ3) is 3.79. The van der Waals surface area contributed by atoms with E-state index in [4.69, 9.17) is 0 Å². The van der Waals surface area contributed by atoms with Gasteiger partial charge in [0.25, 0.3) is 0 Å². The van der Waals surface area contributed by atoms with E-state index in [9.17, 15) is 9.90 Å². The fourth-order valence-corrected chi connectivity index (χ4v) is 2.85. The van der Waals surface area contributed by atoms with E-state index in [-0.39, 0.29) is 5.41 Å². The van der Waals surface area contributed by atoms with Crippen LogP contribution >= 0.6 is 0 Å². The number of carboxylic acids is 1. The second-order valence-electron chi connectivity index (χ2n) is 7.24. The smallest absolute Gasteiger partial charge is 0.336 e. The number of hydrogen-bond acceptors (Lipinski definition) is 2. The van der Waals surface area contributed by atoms with Crippen molar-refractivity contribution in [3.05, 3.63) is 77.9 Å². The number of aromatic carboxylic acids is 1. The standard InChI is InChI=1S/C21H22N2O2/c1-21(2,3)18-7-4-15(5-8-18)16-6-9-19(20(24)25)17(12-16)13-23-11-10-22-14-23/h4-12,14H,13H2,1-3H3,(H,24,25). The minimum Gasteiger partial charge on any atom is -0.478 e. The summed E-state index contributed by atoms with van der Waals surface area (Å²) in [5, 5.41) is 9.46. The Balaban J connectivity index is 1.98. The predicted octanol–water partition coefficient (Wildman–Crippen LogP) is 4.59. The first kappa shape index (κ1) is 17.0. The third-order valence-electron chi connectivity index (χ3n) is 4.33. The molecule has 0 amide bonds. The molecular weight excluding hydrogens is 312 g/mol. The predicted molar refractivity (Wildman–Crippen MR) is 98.9 cm³/mol. The van der Waals surface area contributed by atoms with Crippen molar-refractivity contribution in [2.75, 3.05) is 0 Å². The Hall–Kier alpha value is -2.88. The zero-order valence-corrected chi connectivity index (χ0v) is 14.7. The van der Waals surface area contributed by atoms with Crippen molar-refractivity contribution in [2.45, 2.75) is 32.7 Å². The molecule has 0 bridgehead atoms. The maximum absolute atomic E-state index is 11.5. The number of hydrogen-bond donors (Lipinski definition) is 1. The normalized spacial score (nSPS) is 11.5. The molecule has 25 heavy (non-hydrogen) atoms. The van der Waals surface area contributed by atoms with E-state index in [1.165, 1.54) is 5.56 Å². The van der Waals surface area contributed by atoms with Gasteiger partial charge in [0.2, 0.25) is 0 Å². The molecule has 3 aromatic rings. The lowest BCUT2D eigenvalue weighted by Crippen LogP contribution is -2.10. The average Bonchev–Trinajstić information content (AvgIpc) is 3.07. The highest BCUT2D eigenvalue weighted by Gasteiger charge is 2.15. The zero-order chi connectivity index (χ0) is 18.0. The fourth-order valence-electron chi connectivity index (χ4n) is 2.85. The molecule has 0 radical (unpaired) electrons. The second-order valence-corrected chi connectivity index (χ2v) is 7.24. The zero-order valence-electron chi connectivity index (χ0n) is 14.7. The molecule has 0 aliphatic heterocycles. The van der Waals surface area contributed by atoms with E-state index < -0.39 is 5.97 Å². The highest BCUT2D eigenvalue weighted by Crippen LogP contribution is 2.27. The van der Waals surface area contributed by atoms with E-state index in [1.807, 2.05) is 22.9 Å². The van der Waals surface area contributed by atoms with Crippen LogP contribution in [0.1, 0.15) is 42.3 Å². The van der Waals surface area contributed by atoms with Gasteiger partial charge in [0.05, 0.1) is 11.9 Å². The van der Waals surface area contributed by atoms with E-state index in [0.29, 0.717) is 12.1 Å². The number of aromatic nitrogens is 2. The Bertz CT molecular complexity index is 873. The molecule has 0 spiro atoms. The fraction of sp³-hybridized carbons (Fsp3) is 0.238. The van der Waals surface area contributed by atoms with Crippen molar-refractivity contribution in [1.29, 1.82) is 0 Å². The van der Waals surface area contributed by atoms with Gasteiger partial charge in [-0.05, 0) is 39.8 Å². The molecule has 4 heteroatoms. The van der Waals surface area contributed by atoms with Crippen LogP contribution in [0.5, 0.6) is 0 Å². The minimum atomic E-state index is -0.912. The molecule has 0 fully saturated rings. The average molecular weight is 334 g/mol. The van der Waals surface area contributed by atoms with Gasteiger partial charge in [0.15, 0.2) is 0 Å². The van der Waals surface area contributed by atoms with Crippen LogP contribution in [-0.4, -0.2) is 20.6 Å². The minimum absolute atomic E-state index is 0.109. The summed E-state index contributed by atoms with van der Waals surface area (Å²) in [5.74, 6) is -0.912. The summed E-state index contributed by atoms with van der Waals surface area (Å²) < 4.78 is 1.87. The van der Waals surface area contributed by atoms with Gasteiger partial charge < -0.3 is 9.67 Å². The van der Waals surface area contributed by atoms with Crippen LogP contribution in [-0.2, 0) is 12.0 Å². The number of benzene rings is 2. The Kier molecular flexibility index (Phi) is 4.45. The Morgan fingerprint density at radius 3 is 2.32 bits per heavy atom. The molecule has 0 aliphatic carbocycles. The third-order valence-corrected chi connectivity index (χ3v) is 4.33. The molecule has 1 aromatic heterocycles. The summed E-state index contributed by atoms with van der Waals surface area (Å²) in [6.45, 7) is 7.04. The first-order valence-electron chi connectivity index (χ1n) is 8.27. The lowest BCUT2D eigenvalue weighted by molar-refractivity contribution is 0.0695. The topological polar surface area (TPSA) is 55.1 Å². The molecule has 0 saturated carbocycles. The summed E-state index contributed by atoms with van der Waals surface area (Å²) in [7, 11) is 0. The molecule has 128 valence electrons. The highest BCUT2D eigenvalue weighted by molar-refractivity contribution is 5.90. The molecule has 0 saturated heterocycles. The molecule has 3 rings (SSSR count). The molecule has 2 aromatic carbocycles. The number of nitrogens with zero attached hydrogens (tertiary/aromatic N) is 2. The van der Waals surface area contributed by atoms with Crippen molar-refractivity contribution in [1.82, 2.24) is 9.55 Å². The summed E-state index contributed by atoms with van der Waals surface area (Å²) in [5.41, 5.74) is 4.57. The Morgan fingerprint density at radius 2 is 1.76 bits per heavy atom. The van der Waals surface area contributed by atoms with Crippen molar-refractivity contribution in [3.8, 4) is 11.1 Å². The van der Waals surface area contributed by atoms with Gasteiger partial charge in [-0.2, -0.15) is 0 Å². The van der Waals surface area contributed by atoms with Crippen LogP contribution in [0.2, 0.25) is 0 Å². The number of carboxylic acid groups (broad SMARTS) is 1. The summed E-state index contributed by atoms with van der Waals surface area (Å²) >= 11 is 0. The van der Waals surface area contributed by atoms with Crippen LogP contribution < -0.4 is 0 Å². The van der Waals surface area contributed by atoms with Crippen LogP contribution in [0.4, 0.5) is 0 Å². The molecule has 0 unspecified atom stereocenters. The maximum atomic E-state index is 11.5. The molecule has 1 N–H and O–H groups in total. The first-order chi connectivity index (χ1) is 11.8. The first-order valence-corrected chi connectivity index (χ1v) is 8.27. The lowest BCUT2D eigenvalue weighted by atomic mass is 9.86. The second kappa shape index (κ2) is 6.55. The van der Waals surface area contributed by atoms with Gasteiger partial charge in [-0.15, -0.1) is 0 Å². The van der Waals surface area contributed by atoms with Gasteiger partial charge in [0, 0.05) is 18.9 Å². The van der Waals surface area contributed by atoms with Crippen LogP contribution in [0, 0.1) is 0 Å². The monoisotopic (exact) mass is 334 g/mol. The molecule has 0 atom stereocenters.